The highest BCUT2D eigenvalue weighted by Crippen LogP contribution is 2.41. The first-order valence-corrected chi connectivity index (χ1v) is 6.78. The summed E-state index contributed by atoms with van der Waals surface area (Å²) >= 11 is 0. The van der Waals surface area contributed by atoms with Crippen molar-refractivity contribution in [3.63, 3.8) is 0 Å². The number of nitrogens with one attached hydrogen (secondary N) is 1. The molecule has 5 heteroatoms. The largest absolute Gasteiger partial charge is 0.504 e. The quantitative estimate of drug-likeness (QED) is 0.843. The summed E-state index contributed by atoms with van der Waals surface area (Å²) in [4.78, 5) is 14.6. The number of hydrogen-bond donors (Lipinski definition) is 2. The smallest absolute Gasteiger partial charge is 0.262 e. The predicted octanol–water partition coefficient (Wildman–Crippen LogP) is 2.36. The number of methoxy groups -OCH3 is 1. The molecule has 2 N–H and O–H groups in total. The minimum absolute atomic E-state index is 0.0283. The number of fused-ring (bicyclic) bond motifs is 4. The number of phenolic OH excluding ortho intramolecular Hbond substituents is 1. The Labute approximate surface area is 121 Å². The van der Waals surface area contributed by atoms with Crippen LogP contribution in [0.5, 0.6) is 11.5 Å². The van der Waals surface area contributed by atoms with Crippen LogP contribution in [0.25, 0.3) is 0 Å². The summed E-state index contributed by atoms with van der Waals surface area (Å²) in [7, 11) is 1.47. The van der Waals surface area contributed by atoms with E-state index in [2.05, 4.69) is 5.32 Å². The minimum atomic E-state index is -0.102. The first-order valence-electron chi connectivity index (χ1n) is 6.78. The van der Waals surface area contributed by atoms with Gasteiger partial charge in [-0.1, -0.05) is 18.2 Å². The Hall–Kier alpha value is -2.69. The summed E-state index contributed by atoms with van der Waals surface area (Å²) in [5.74, 6) is 0.257. The molecule has 0 aliphatic carbocycles. The number of phenols is 1. The van der Waals surface area contributed by atoms with Crippen LogP contribution >= 0.6 is 0 Å². The molecule has 0 unspecified atom stereocenters. The fourth-order valence-corrected chi connectivity index (χ4v) is 3.09. The third-order valence-corrected chi connectivity index (χ3v) is 4.07. The van der Waals surface area contributed by atoms with Crippen molar-refractivity contribution in [2.45, 2.75) is 12.6 Å². The summed E-state index contributed by atoms with van der Waals surface area (Å²) in [6.07, 6.45) is 0.656. The van der Waals surface area contributed by atoms with Gasteiger partial charge in [0.25, 0.3) is 5.91 Å². The van der Waals surface area contributed by atoms with E-state index in [0.717, 1.165) is 17.7 Å². The average molecular weight is 282 g/mol. The normalized spacial score (nSPS) is 18.6. The fourth-order valence-electron chi connectivity index (χ4n) is 3.09. The highest BCUT2D eigenvalue weighted by molar-refractivity contribution is 6.13. The zero-order chi connectivity index (χ0) is 14.6. The van der Waals surface area contributed by atoms with Crippen LogP contribution in [-0.2, 0) is 6.42 Å². The number of hydrogen-bond acceptors (Lipinski definition) is 4. The van der Waals surface area contributed by atoms with Crippen LogP contribution in [0, 0.1) is 0 Å². The van der Waals surface area contributed by atoms with Crippen LogP contribution < -0.4 is 15.0 Å². The lowest BCUT2D eigenvalue weighted by atomic mass is 10.1. The van der Waals surface area contributed by atoms with Gasteiger partial charge in [0.05, 0.1) is 18.4 Å². The molecular formula is C16H14N2O3. The molecule has 106 valence electrons. The van der Waals surface area contributed by atoms with E-state index in [9.17, 15) is 9.90 Å². The molecule has 0 saturated heterocycles. The zero-order valence-electron chi connectivity index (χ0n) is 11.5. The van der Waals surface area contributed by atoms with E-state index in [1.165, 1.54) is 7.11 Å². The first kappa shape index (κ1) is 12.1. The van der Waals surface area contributed by atoms with E-state index in [1.54, 1.807) is 17.0 Å². The Morgan fingerprint density at radius 3 is 2.95 bits per heavy atom. The molecule has 0 bridgehead atoms. The van der Waals surface area contributed by atoms with Crippen LogP contribution in [0.15, 0.2) is 36.4 Å². The van der Waals surface area contributed by atoms with Crippen molar-refractivity contribution in [1.29, 1.82) is 0 Å². The van der Waals surface area contributed by atoms with E-state index < -0.39 is 0 Å². The zero-order valence-corrected chi connectivity index (χ0v) is 11.5. The lowest BCUT2D eigenvalue weighted by Crippen LogP contribution is -2.46. The maximum absolute atomic E-state index is 12.8. The van der Waals surface area contributed by atoms with Gasteiger partial charge >= 0.3 is 0 Å². The van der Waals surface area contributed by atoms with Crippen molar-refractivity contribution in [3.8, 4) is 11.5 Å². The molecule has 2 aliphatic rings. The summed E-state index contributed by atoms with van der Waals surface area (Å²) in [6, 6.07) is 11.0. The molecule has 0 aromatic heterocycles. The molecule has 2 heterocycles. The van der Waals surface area contributed by atoms with E-state index in [-0.39, 0.29) is 17.8 Å². The highest BCUT2D eigenvalue weighted by Gasteiger charge is 2.39. The number of para-hydroxylation sites is 1. The Morgan fingerprint density at radius 1 is 1.33 bits per heavy atom. The Morgan fingerprint density at radius 2 is 2.14 bits per heavy atom. The summed E-state index contributed by atoms with van der Waals surface area (Å²) in [5, 5.41) is 13.2. The van der Waals surface area contributed by atoms with Crippen LogP contribution in [0.3, 0.4) is 0 Å². The lowest BCUT2D eigenvalue weighted by molar-refractivity contribution is 0.0978. The molecule has 0 radical (unpaired) electrons. The second-order valence-electron chi connectivity index (χ2n) is 5.24. The van der Waals surface area contributed by atoms with Crippen molar-refractivity contribution < 1.29 is 14.6 Å². The molecule has 2 aromatic rings. The van der Waals surface area contributed by atoms with Gasteiger partial charge in [-0.05, 0) is 17.7 Å². The molecule has 2 aromatic carbocycles. The Bertz CT molecular complexity index is 757. The molecular weight excluding hydrogens is 268 g/mol. The topological polar surface area (TPSA) is 61.8 Å². The van der Waals surface area contributed by atoms with Gasteiger partial charge in [-0.2, -0.15) is 0 Å². The van der Waals surface area contributed by atoms with Gasteiger partial charge in [0, 0.05) is 18.2 Å². The van der Waals surface area contributed by atoms with Gasteiger partial charge in [-0.3, -0.25) is 9.69 Å². The second-order valence-corrected chi connectivity index (χ2v) is 5.24. The number of rotatable bonds is 1. The minimum Gasteiger partial charge on any atom is -0.504 e. The number of carbonyl (C=O) groups excluding carboxylic acids is 1. The van der Waals surface area contributed by atoms with Crippen LogP contribution in [0.4, 0.5) is 11.4 Å². The van der Waals surface area contributed by atoms with Crippen molar-refractivity contribution in [2.75, 3.05) is 17.3 Å². The number of anilines is 2. The van der Waals surface area contributed by atoms with Crippen LogP contribution in [-0.4, -0.2) is 24.3 Å². The van der Waals surface area contributed by atoms with E-state index in [0.29, 0.717) is 17.0 Å². The Balaban J connectivity index is 1.85. The Kier molecular flexibility index (Phi) is 2.39. The molecule has 21 heavy (non-hydrogen) atoms. The third kappa shape index (κ3) is 1.60. The van der Waals surface area contributed by atoms with Gasteiger partial charge in [0.1, 0.15) is 6.17 Å². The number of carbonyl (C=O) groups is 1. The molecule has 0 saturated carbocycles. The maximum Gasteiger partial charge on any atom is 0.262 e. The SMILES string of the molecule is COc1cc2c(cc1O)N[C@@H]1Cc3ccccc3N1C2=O. The molecule has 0 spiro atoms. The van der Waals surface area contributed by atoms with Crippen LogP contribution in [0.2, 0.25) is 0 Å². The number of amides is 1. The van der Waals surface area contributed by atoms with Crippen molar-refractivity contribution in [2.24, 2.45) is 0 Å². The summed E-state index contributed by atoms with van der Waals surface area (Å²) in [5.41, 5.74) is 3.25. The summed E-state index contributed by atoms with van der Waals surface area (Å²) < 4.78 is 5.09. The molecule has 1 amide bonds. The molecule has 5 nitrogen and oxygen atoms in total. The van der Waals surface area contributed by atoms with Crippen LogP contribution in [0.1, 0.15) is 15.9 Å². The van der Waals surface area contributed by atoms with Crippen molar-refractivity contribution in [3.05, 3.63) is 47.5 Å². The fraction of sp³-hybridized carbons (Fsp3) is 0.188. The van der Waals surface area contributed by atoms with Gasteiger partial charge in [0.15, 0.2) is 11.5 Å². The highest BCUT2D eigenvalue weighted by atomic mass is 16.5. The van der Waals surface area contributed by atoms with Crippen molar-refractivity contribution in [1.82, 2.24) is 0 Å². The van der Waals surface area contributed by atoms with Gasteiger partial charge in [0.2, 0.25) is 0 Å². The average Bonchev–Trinajstić information content (AvgIpc) is 2.85. The van der Waals surface area contributed by atoms with E-state index in [4.69, 9.17) is 4.74 Å². The lowest BCUT2D eigenvalue weighted by Gasteiger charge is -2.33. The van der Waals surface area contributed by atoms with Crippen molar-refractivity contribution >= 4 is 17.3 Å². The number of aromatic hydroxyl groups is 1. The number of nitrogens with zero attached hydrogens (tertiary/aromatic N) is 1. The molecule has 1 atom stereocenters. The van der Waals surface area contributed by atoms with Gasteiger partial charge in [-0.25, -0.2) is 0 Å². The molecule has 2 aliphatic heterocycles. The molecule has 0 fully saturated rings. The first-order chi connectivity index (χ1) is 10.2. The molecule has 4 rings (SSSR count). The monoisotopic (exact) mass is 282 g/mol. The standard InChI is InChI=1S/C16H14N2O3/c1-21-14-7-10-11(8-13(14)19)17-15-6-9-4-2-3-5-12(9)18(15)16(10)20/h2-5,7-8,15,17,19H,6H2,1H3/t15-/m0/s1. The maximum atomic E-state index is 12.8. The number of ether oxygens (including phenoxy) is 1. The van der Waals surface area contributed by atoms with Gasteiger partial charge in [-0.15, -0.1) is 0 Å². The summed E-state index contributed by atoms with van der Waals surface area (Å²) in [6.45, 7) is 0. The third-order valence-electron chi connectivity index (χ3n) is 4.07. The van der Waals surface area contributed by atoms with E-state index in [1.807, 2.05) is 24.3 Å². The van der Waals surface area contributed by atoms with E-state index >= 15 is 0 Å². The predicted molar refractivity (Wildman–Crippen MR) is 79.0 cm³/mol. The second kappa shape index (κ2) is 4.15. The van der Waals surface area contributed by atoms with Gasteiger partial charge < -0.3 is 15.2 Å². The number of benzene rings is 2.